The number of nitrogens with zero attached hydrogens (tertiary/aromatic N) is 1. The minimum absolute atomic E-state index is 0.0718. The molecule has 0 aliphatic carbocycles. The van der Waals surface area contributed by atoms with E-state index in [4.69, 9.17) is 23.1 Å². The van der Waals surface area contributed by atoms with E-state index in [2.05, 4.69) is 11.4 Å². The Morgan fingerprint density at radius 3 is 3.53 bits per heavy atom. The predicted molar refractivity (Wildman–Crippen MR) is 59.4 cm³/mol. The van der Waals surface area contributed by atoms with Gasteiger partial charge in [0, 0.05) is 7.95 Å². The van der Waals surface area contributed by atoms with Gasteiger partial charge in [-0.05, 0) is 19.1 Å². The average Bonchev–Trinajstić information content (AvgIpc) is 2.68. The molecule has 1 aliphatic rings. The molecule has 1 unspecified atom stereocenters. The van der Waals surface area contributed by atoms with Gasteiger partial charge < -0.3 is 18.6 Å². The third kappa shape index (κ3) is 4.27. The van der Waals surface area contributed by atoms with Crippen LogP contribution in [0.15, 0.2) is 12.4 Å². The lowest BCUT2D eigenvalue weighted by molar-refractivity contribution is 0.0663. The van der Waals surface area contributed by atoms with Crippen molar-refractivity contribution in [2.45, 2.75) is 25.5 Å². The zero-order valence-electron chi connectivity index (χ0n) is 10.5. The summed E-state index contributed by atoms with van der Waals surface area (Å²) in [5.41, 5.74) is 0. The molecule has 1 saturated heterocycles. The zero-order chi connectivity index (χ0) is 12.7. The van der Waals surface area contributed by atoms with Gasteiger partial charge >= 0.3 is 0 Å². The summed E-state index contributed by atoms with van der Waals surface area (Å²) in [6.07, 6.45) is -0.207. The van der Waals surface area contributed by atoms with Crippen LogP contribution in [0.3, 0.4) is 0 Å². The van der Waals surface area contributed by atoms with E-state index in [0.29, 0.717) is 19.6 Å². The van der Waals surface area contributed by atoms with E-state index in [1.807, 2.05) is 0 Å². The van der Waals surface area contributed by atoms with Gasteiger partial charge in [0.25, 0.3) is 0 Å². The van der Waals surface area contributed by atoms with Gasteiger partial charge in [0.2, 0.25) is 6.54 Å². The van der Waals surface area contributed by atoms with Crippen LogP contribution < -0.4 is 0 Å². The van der Waals surface area contributed by atoms with Crippen molar-refractivity contribution in [1.29, 1.82) is 0 Å². The van der Waals surface area contributed by atoms with Crippen LogP contribution in [0.5, 0.6) is 0 Å². The average molecular weight is 232 g/mol. The van der Waals surface area contributed by atoms with E-state index in [9.17, 15) is 0 Å². The molecule has 1 aliphatic heterocycles. The normalized spacial score (nSPS) is 33.9. The van der Waals surface area contributed by atoms with Crippen molar-refractivity contribution in [3.8, 4) is 0 Å². The summed E-state index contributed by atoms with van der Waals surface area (Å²) in [4.78, 5) is 3.18. The Morgan fingerprint density at radius 1 is 2.00 bits per heavy atom. The van der Waals surface area contributed by atoms with Gasteiger partial charge in [0.05, 0.1) is 13.6 Å². The van der Waals surface area contributed by atoms with E-state index in [-0.39, 0.29) is 19.1 Å². The van der Waals surface area contributed by atoms with Crippen LogP contribution in [0.1, 0.15) is 16.1 Å². The lowest BCUT2D eigenvalue weighted by Gasteiger charge is -2.19. The zero-order valence-corrected chi connectivity index (χ0v) is 9.36. The van der Waals surface area contributed by atoms with Gasteiger partial charge in [0.15, 0.2) is 8.38 Å². The molecule has 1 rings (SSSR count). The van der Waals surface area contributed by atoms with Crippen molar-refractivity contribution in [2.75, 3.05) is 19.7 Å². The quantitative estimate of drug-likeness (QED) is 0.401. The van der Waals surface area contributed by atoms with Crippen molar-refractivity contribution in [3.05, 3.63) is 23.8 Å². The topological polar surface area (TPSA) is 32.1 Å². The number of ether oxygens (including phenoxy) is 1. The van der Waals surface area contributed by atoms with Crippen LogP contribution in [0.4, 0.5) is 0 Å². The molecule has 0 bridgehead atoms. The third-order valence-corrected chi connectivity index (χ3v) is 3.04. The lowest BCUT2D eigenvalue weighted by Crippen LogP contribution is -2.19. The Bertz CT molecular complexity index is 287. The standard InChI is InChI=1S/C10H16NO3P/c1-4-15(13-8-6-11-3)14-10-5-7-12-9(10)2/h4,9-10H,1,5-8H2,2H3/t9-,10+,15?/m1/s1/i2D,7T/t7-,9+,10-,15?/m0. The molecular formula is C10H16NO3P. The highest BCUT2D eigenvalue weighted by atomic mass is 31.2. The molecule has 0 N–H and O–H groups in total. The second kappa shape index (κ2) is 6.92. The molecule has 0 amide bonds. The predicted octanol–water partition coefficient (Wildman–Crippen LogP) is 2.57. The largest absolute Gasteiger partial charge is 0.376 e. The fourth-order valence-corrected chi connectivity index (χ4v) is 2.06. The lowest BCUT2D eigenvalue weighted by atomic mass is 10.2. The van der Waals surface area contributed by atoms with Crippen molar-refractivity contribution >= 4 is 8.38 Å². The molecule has 0 aromatic heterocycles. The molecule has 1 heterocycles. The first-order valence-electron chi connectivity index (χ1n) is 5.91. The fourth-order valence-electron chi connectivity index (χ4n) is 1.06. The molecule has 0 aromatic carbocycles. The second-order valence-electron chi connectivity index (χ2n) is 2.90. The minimum atomic E-state index is -1.26. The molecule has 0 radical (unpaired) electrons. The Hall–Kier alpha value is -0.460. The van der Waals surface area contributed by atoms with Crippen LogP contribution in [-0.2, 0) is 13.8 Å². The molecule has 1 fully saturated rings. The van der Waals surface area contributed by atoms with E-state index < -0.39 is 15.0 Å². The SMILES string of the molecule is [2H]C[C@H]1O[C@@H]([3H])C[C@@H]1OP(C=C)OCC[N+]#[C-]. The van der Waals surface area contributed by atoms with Crippen molar-refractivity contribution in [3.63, 3.8) is 0 Å². The smallest absolute Gasteiger partial charge is 0.238 e. The van der Waals surface area contributed by atoms with Gasteiger partial charge in [-0.15, -0.1) is 0 Å². The highest BCUT2D eigenvalue weighted by Gasteiger charge is 2.27. The molecular weight excluding hydrogens is 213 g/mol. The summed E-state index contributed by atoms with van der Waals surface area (Å²) in [7, 11) is -1.26. The van der Waals surface area contributed by atoms with Gasteiger partial charge in [-0.1, -0.05) is 6.58 Å². The first kappa shape index (κ1) is 9.74. The molecule has 15 heavy (non-hydrogen) atoms. The van der Waals surface area contributed by atoms with E-state index in [1.165, 1.54) is 0 Å². The maximum atomic E-state index is 7.48. The summed E-state index contributed by atoms with van der Waals surface area (Å²) in [5, 5.41) is 0. The van der Waals surface area contributed by atoms with E-state index in [0.717, 1.165) is 0 Å². The summed E-state index contributed by atoms with van der Waals surface area (Å²) in [6.45, 7) is 10.3. The third-order valence-electron chi connectivity index (χ3n) is 1.82. The van der Waals surface area contributed by atoms with Crippen LogP contribution in [0.2, 0.25) is 0 Å². The van der Waals surface area contributed by atoms with Crippen LogP contribution >= 0.6 is 8.38 Å². The molecule has 4 atom stereocenters. The summed E-state index contributed by atoms with van der Waals surface area (Å²) in [6, 6.07) is 0. The first-order chi connectivity index (χ1) is 8.21. The fraction of sp³-hybridized carbons (Fsp3) is 0.700. The Labute approximate surface area is 94.8 Å². The highest BCUT2D eigenvalue weighted by molar-refractivity contribution is 7.50. The first-order valence-corrected chi connectivity index (χ1v) is 5.87. The van der Waals surface area contributed by atoms with Gasteiger partial charge in [-0.3, -0.25) is 0 Å². The number of rotatable bonds is 6. The Morgan fingerprint density at radius 2 is 2.87 bits per heavy atom. The second-order valence-corrected chi connectivity index (χ2v) is 4.31. The van der Waals surface area contributed by atoms with Gasteiger partial charge in [-0.2, -0.15) is 0 Å². The monoisotopic (exact) mass is 232 g/mol. The van der Waals surface area contributed by atoms with Crippen LogP contribution in [0, 0.1) is 6.57 Å². The molecule has 4 nitrogen and oxygen atoms in total. The van der Waals surface area contributed by atoms with E-state index in [1.54, 1.807) is 5.82 Å². The molecule has 5 heteroatoms. The van der Waals surface area contributed by atoms with Crippen LogP contribution in [0.25, 0.3) is 4.85 Å². The number of hydrogen-bond donors (Lipinski definition) is 0. The Balaban J connectivity index is 2.39. The summed E-state index contributed by atoms with van der Waals surface area (Å²) in [5.74, 6) is 1.57. The minimum Gasteiger partial charge on any atom is -0.376 e. The number of hydrogen-bond acceptors (Lipinski definition) is 3. The summed E-state index contributed by atoms with van der Waals surface area (Å²) >= 11 is 0. The highest BCUT2D eigenvalue weighted by Crippen LogP contribution is 2.42. The van der Waals surface area contributed by atoms with Crippen LogP contribution in [-0.4, -0.2) is 31.9 Å². The van der Waals surface area contributed by atoms with Crippen molar-refractivity contribution in [2.24, 2.45) is 0 Å². The van der Waals surface area contributed by atoms with Crippen molar-refractivity contribution < 1.29 is 16.5 Å². The Kier molecular flexibility index (Phi) is 4.50. The molecule has 0 aromatic rings. The van der Waals surface area contributed by atoms with Gasteiger partial charge in [-0.25, -0.2) is 6.57 Å². The maximum absolute atomic E-state index is 7.48. The summed E-state index contributed by atoms with van der Waals surface area (Å²) < 4.78 is 31.0. The molecule has 0 spiro atoms. The van der Waals surface area contributed by atoms with E-state index >= 15 is 0 Å². The van der Waals surface area contributed by atoms with Crippen molar-refractivity contribution in [1.82, 2.24) is 0 Å². The molecule has 0 saturated carbocycles. The molecule has 84 valence electrons. The van der Waals surface area contributed by atoms with Gasteiger partial charge in [0.1, 0.15) is 6.61 Å². The maximum Gasteiger partial charge on any atom is 0.238 e.